The van der Waals surface area contributed by atoms with E-state index in [0.29, 0.717) is 46.7 Å². The molecule has 1 amide bonds. The zero-order valence-electron chi connectivity index (χ0n) is 16.3. The van der Waals surface area contributed by atoms with Crippen molar-refractivity contribution in [2.24, 2.45) is 0 Å². The van der Waals surface area contributed by atoms with Crippen LogP contribution < -0.4 is 15.4 Å². The number of nitrogens with one attached hydrogen (secondary N) is 2. The Balaban J connectivity index is 1.43. The maximum atomic E-state index is 12.1. The Bertz CT molecular complexity index is 1300. The molecule has 8 nitrogen and oxygen atoms in total. The normalized spacial score (nSPS) is 12.6. The summed E-state index contributed by atoms with van der Waals surface area (Å²) in [5.41, 5.74) is 3.71. The summed E-state index contributed by atoms with van der Waals surface area (Å²) in [6, 6.07) is 12.6. The minimum Gasteiger partial charge on any atom is -0.455 e. The van der Waals surface area contributed by atoms with Crippen LogP contribution in [0.5, 0.6) is 11.5 Å². The third kappa shape index (κ3) is 3.56. The van der Waals surface area contributed by atoms with Gasteiger partial charge < -0.3 is 25.0 Å². The Morgan fingerprint density at radius 1 is 1.19 bits per heavy atom. The number of benzene rings is 2. The predicted octanol–water partition coefficient (Wildman–Crippen LogP) is 3.86. The molecule has 0 atom stereocenters. The fourth-order valence-corrected chi connectivity index (χ4v) is 3.88. The van der Waals surface area contributed by atoms with Crippen LogP contribution in [0.1, 0.15) is 15.9 Å². The van der Waals surface area contributed by atoms with Crippen molar-refractivity contribution in [1.29, 1.82) is 0 Å². The first-order chi connectivity index (χ1) is 15.1. The van der Waals surface area contributed by atoms with Crippen molar-refractivity contribution >= 4 is 40.0 Å². The van der Waals surface area contributed by atoms with Crippen molar-refractivity contribution in [3.8, 4) is 11.5 Å². The van der Waals surface area contributed by atoms with Gasteiger partial charge in [0.1, 0.15) is 23.3 Å². The molecule has 156 valence electrons. The van der Waals surface area contributed by atoms with Crippen LogP contribution in [0.4, 0.5) is 11.5 Å². The third-order valence-electron chi connectivity index (χ3n) is 5.08. The van der Waals surface area contributed by atoms with Crippen molar-refractivity contribution in [3.05, 3.63) is 71.1 Å². The smallest absolute Gasteiger partial charge is 0.255 e. The number of amides is 1. The fraction of sp³-hybridized carbons (Fsp3) is 0.136. The number of hydrogen-bond donors (Lipinski definition) is 3. The lowest BCUT2D eigenvalue weighted by Crippen LogP contribution is -2.13. The molecule has 3 heterocycles. The van der Waals surface area contributed by atoms with E-state index in [2.05, 4.69) is 20.6 Å². The number of carbonyl (C=O) groups is 1. The number of hydrogen-bond acceptors (Lipinski definition) is 6. The largest absolute Gasteiger partial charge is 0.455 e. The minimum atomic E-state index is -0.154. The van der Waals surface area contributed by atoms with Crippen LogP contribution >= 0.6 is 11.6 Å². The van der Waals surface area contributed by atoms with E-state index in [1.54, 1.807) is 18.2 Å². The number of anilines is 2. The summed E-state index contributed by atoms with van der Waals surface area (Å²) in [6.45, 7) is 0.943. The summed E-state index contributed by atoms with van der Waals surface area (Å²) >= 11 is 6.47. The molecule has 0 spiro atoms. The molecule has 0 radical (unpaired) electrons. The van der Waals surface area contributed by atoms with E-state index in [1.165, 1.54) is 6.33 Å². The number of rotatable bonds is 6. The molecule has 1 aliphatic heterocycles. The van der Waals surface area contributed by atoms with E-state index in [-0.39, 0.29) is 12.5 Å². The van der Waals surface area contributed by atoms with Crippen LogP contribution in [0.3, 0.4) is 0 Å². The second-order valence-corrected chi connectivity index (χ2v) is 7.44. The molecule has 2 aromatic heterocycles. The molecule has 3 N–H and O–H groups in total. The fourth-order valence-electron chi connectivity index (χ4n) is 3.67. The summed E-state index contributed by atoms with van der Waals surface area (Å²) in [7, 11) is 0. The number of ether oxygens (including phenoxy) is 1. The van der Waals surface area contributed by atoms with E-state index >= 15 is 0 Å². The number of fused-ring (bicyclic) bond motifs is 2. The Kier molecular flexibility index (Phi) is 4.93. The molecule has 0 saturated carbocycles. The van der Waals surface area contributed by atoms with Gasteiger partial charge in [-0.1, -0.05) is 23.7 Å². The number of carbonyl (C=O) groups excluding carboxylic acids is 1. The Morgan fingerprint density at radius 2 is 2.10 bits per heavy atom. The van der Waals surface area contributed by atoms with Gasteiger partial charge in [-0.15, -0.1) is 0 Å². The molecular weight excluding hydrogens is 418 g/mol. The standard InChI is InChI=1S/C22H18ClN5O3/c23-15-10-14(27-21-20-16(25-12-26-21)6-7-28(20)8-9-29)4-5-17(15)31-18-3-1-2-13-11-24-22(30)19(13)18/h1-7,10,12,29H,8-9,11H2,(H,24,30)(H,25,26,27). The first-order valence-corrected chi connectivity index (χ1v) is 10.1. The molecule has 1 aliphatic rings. The number of aliphatic hydroxyl groups is 1. The van der Waals surface area contributed by atoms with E-state index in [4.69, 9.17) is 16.3 Å². The van der Waals surface area contributed by atoms with Crippen molar-refractivity contribution in [1.82, 2.24) is 19.9 Å². The molecule has 0 saturated heterocycles. The third-order valence-corrected chi connectivity index (χ3v) is 5.38. The van der Waals surface area contributed by atoms with Gasteiger partial charge in [0.25, 0.3) is 5.91 Å². The first-order valence-electron chi connectivity index (χ1n) is 9.69. The maximum absolute atomic E-state index is 12.1. The molecular formula is C22H18ClN5O3. The van der Waals surface area contributed by atoms with Crippen molar-refractivity contribution < 1.29 is 14.6 Å². The molecule has 2 aromatic carbocycles. The highest BCUT2D eigenvalue weighted by atomic mass is 35.5. The average molecular weight is 436 g/mol. The van der Waals surface area contributed by atoms with Gasteiger partial charge in [0, 0.05) is 25.0 Å². The zero-order chi connectivity index (χ0) is 21.4. The second-order valence-electron chi connectivity index (χ2n) is 7.03. The van der Waals surface area contributed by atoms with Gasteiger partial charge in [-0.3, -0.25) is 4.79 Å². The lowest BCUT2D eigenvalue weighted by Gasteiger charge is -2.13. The van der Waals surface area contributed by atoms with Crippen LogP contribution in [0.2, 0.25) is 5.02 Å². The van der Waals surface area contributed by atoms with Crippen molar-refractivity contribution in [2.75, 3.05) is 11.9 Å². The number of halogens is 1. The number of nitrogens with zero attached hydrogens (tertiary/aromatic N) is 3. The predicted molar refractivity (Wildman–Crippen MR) is 117 cm³/mol. The molecule has 4 aromatic rings. The monoisotopic (exact) mass is 435 g/mol. The minimum absolute atomic E-state index is 0.0111. The summed E-state index contributed by atoms with van der Waals surface area (Å²) in [6.07, 6.45) is 3.34. The average Bonchev–Trinajstić information content (AvgIpc) is 3.35. The first kappa shape index (κ1) is 19.3. The Hall–Kier alpha value is -3.62. The van der Waals surface area contributed by atoms with E-state index in [9.17, 15) is 9.90 Å². The molecule has 0 unspecified atom stereocenters. The van der Waals surface area contributed by atoms with Gasteiger partial charge in [-0.25, -0.2) is 9.97 Å². The summed E-state index contributed by atoms with van der Waals surface area (Å²) in [5, 5.41) is 15.7. The SMILES string of the molecule is O=C1NCc2cccc(Oc3ccc(Nc4ncnc5ccn(CCO)c45)cc3Cl)c21. The van der Waals surface area contributed by atoms with Crippen LogP contribution in [0.25, 0.3) is 11.0 Å². The van der Waals surface area contributed by atoms with Crippen molar-refractivity contribution in [3.63, 3.8) is 0 Å². The number of aromatic nitrogens is 3. The zero-order valence-corrected chi connectivity index (χ0v) is 17.1. The number of aliphatic hydroxyl groups excluding tert-OH is 1. The molecule has 9 heteroatoms. The molecule has 0 aliphatic carbocycles. The van der Waals surface area contributed by atoms with Gasteiger partial charge in [-0.05, 0) is 35.9 Å². The highest BCUT2D eigenvalue weighted by Crippen LogP contribution is 2.36. The van der Waals surface area contributed by atoms with E-state index in [0.717, 1.165) is 16.6 Å². The highest BCUT2D eigenvalue weighted by Gasteiger charge is 2.24. The molecule has 0 bridgehead atoms. The van der Waals surface area contributed by atoms with Crippen molar-refractivity contribution in [2.45, 2.75) is 13.1 Å². The maximum Gasteiger partial charge on any atom is 0.255 e. The molecule has 31 heavy (non-hydrogen) atoms. The van der Waals surface area contributed by atoms with Gasteiger partial charge in [-0.2, -0.15) is 0 Å². The molecule has 5 rings (SSSR count). The van der Waals surface area contributed by atoms with Gasteiger partial charge in [0.05, 0.1) is 22.7 Å². The Morgan fingerprint density at radius 3 is 2.94 bits per heavy atom. The summed E-state index contributed by atoms with van der Waals surface area (Å²) in [4.78, 5) is 20.7. The van der Waals surface area contributed by atoms with E-state index in [1.807, 2.05) is 35.0 Å². The van der Waals surface area contributed by atoms with Crippen LogP contribution in [0, 0.1) is 0 Å². The highest BCUT2D eigenvalue weighted by molar-refractivity contribution is 6.32. The lowest BCUT2D eigenvalue weighted by atomic mass is 10.1. The second kappa shape index (κ2) is 7.90. The van der Waals surface area contributed by atoms with Crippen LogP contribution in [0.15, 0.2) is 55.0 Å². The summed E-state index contributed by atoms with van der Waals surface area (Å²) < 4.78 is 7.85. The summed E-state index contributed by atoms with van der Waals surface area (Å²) in [5.74, 6) is 1.36. The van der Waals surface area contributed by atoms with Gasteiger partial charge in [0.15, 0.2) is 5.82 Å². The van der Waals surface area contributed by atoms with Gasteiger partial charge >= 0.3 is 0 Å². The molecule has 0 fully saturated rings. The lowest BCUT2D eigenvalue weighted by molar-refractivity contribution is 0.0964. The van der Waals surface area contributed by atoms with Crippen LogP contribution in [-0.2, 0) is 13.1 Å². The quantitative estimate of drug-likeness (QED) is 0.425. The van der Waals surface area contributed by atoms with Gasteiger partial charge in [0.2, 0.25) is 0 Å². The van der Waals surface area contributed by atoms with E-state index < -0.39 is 0 Å². The Labute approximate surface area is 182 Å². The topological polar surface area (TPSA) is 101 Å². The van der Waals surface area contributed by atoms with Crippen LogP contribution in [-0.4, -0.2) is 32.2 Å².